The summed E-state index contributed by atoms with van der Waals surface area (Å²) in [6.45, 7) is 0.533. The normalized spacial score (nSPS) is 10.2. The van der Waals surface area contributed by atoms with E-state index in [-0.39, 0.29) is 6.03 Å². The Bertz CT molecular complexity index is 632. The fourth-order valence-corrected chi connectivity index (χ4v) is 2.33. The molecule has 0 saturated carbocycles. The molecule has 2 aromatic rings. The van der Waals surface area contributed by atoms with Gasteiger partial charge in [-0.15, -0.1) is 0 Å². The lowest BCUT2D eigenvalue weighted by atomic mass is 10.1. The van der Waals surface area contributed by atoms with Gasteiger partial charge in [0.1, 0.15) is 0 Å². The van der Waals surface area contributed by atoms with Gasteiger partial charge in [-0.2, -0.15) is 0 Å². The third-order valence-corrected chi connectivity index (χ3v) is 3.88. The van der Waals surface area contributed by atoms with Crippen LogP contribution in [0.2, 0.25) is 10.0 Å². The van der Waals surface area contributed by atoms with Crippen LogP contribution in [0.15, 0.2) is 46.9 Å². The van der Waals surface area contributed by atoms with E-state index in [4.69, 9.17) is 23.2 Å². The van der Waals surface area contributed by atoms with Gasteiger partial charge in [0.05, 0.1) is 10.7 Å². The summed E-state index contributed by atoms with van der Waals surface area (Å²) in [4.78, 5) is 11.8. The second kappa shape index (κ2) is 7.69. The predicted octanol–water partition coefficient (Wildman–Crippen LogP) is 5.12. The maximum Gasteiger partial charge on any atom is 0.319 e. The minimum absolute atomic E-state index is 0.309. The molecule has 0 aliphatic rings. The van der Waals surface area contributed by atoms with Crippen molar-refractivity contribution in [3.8, 4) is 0 Å². The molecule has 0 saturated heterocycles. The summed E-state index contributed by atoms with van der Waals surface area (Å²) in [6, 6.07) is 12.6. The molecule has 0 radical (unpaired) electrons. The van der Waals surface area contributed by atoms with E-state index in [1.807, 2.05) is 24.3 Å². The van der Waals surface area contributed by atoms with Crippen molar-refractivity contribution in [3.63, 3.8) is 0 Å². The van der Waals surface area contributed by atoms with Crippen molar-refractivity contribution >= 4 is 50.9 Å². The highest BCUT2D eigenvalue weighted by atomic mass is 79.9. The van der Waals surface area contributed by atoms with Gasteiger partial charge in [0.25, 0.3) is 0 Å². The first kappa shape index (κ1) is 16.1. The molecule has 6 heteroatoms. The van der Waals surface area contributed by atoms with Crippen LogP contribution in [-0.4, -0.2) is 12.6 Å². The lowest BCUT2D eigenvalue weighted by molar-refractivity contribution is 0.252. The molecule has 2 amide bonds. The maximum absolute atomic E-state index is 11.8. The largest absolute Gasteiger partial charge is 0.338 e. The minimum Gasteiger partial charge on any atom is -0.338 e. The molecular formula is C15H13BrCl2N2O. The molecule has 0 spiro atoms. The topological polar surface area (TPSA) is 41.1 Å². The number of anilines is 1. The first-order valence-electron chi connectivity index (χ1n) is 6.29. The summed E-state index contributed by atoms with van der Waals surface area (Å²) >= 11 is 15.2. The highest BCUT2D eigenvalue weighted by Gasteiger charge is 2.06. The van der Waals surface area contributed by atoms with Crippen LogP contribution in [0.3, 0.4) is 0 Å². The molecule has 0 unspecified atom stereocenters. The summed E-state index contributed by atoms with van der Waals surface area (Å²) in [5.74, 6) is 0. The first-order valence-corrected chi connectivity index (χ1v) is 7.84. The Hall–Kier alpha value is -1.23. The second-order valence-corrected chi connectivity index (χ2v) is 6.14. The number of benzene rings is 2. The fraction of sp³-hybridized carbons (Fsp3) is 0.133. The monoisotopic (exact) mass is 386 g/mol. The predicted molar refractivity (Wildman–Crippen MR) is 91.3 cm³/mol. The first-order chi connectivity index (χ1) is 10.0. The van der Waals surface area contributed by atoms with Crippen LogP contribution in [0.5, 0.6) is 0 Å². The van der Waals surface area contributed by atoms with E-state index < -0.39 is 0 Å². The molecule has 0 fully saturated rings. The third kappa shape index (κ3) is 5.23. The minimum atomic E-state index is -0.309. The number of hydrogen-bond donors (Lipinski definition) is 2. The zero-order chi connectivity index (χ0) is 15.2. The smallest absolute Gasteiger partial charge is 0.319 e. The van der Waals surface area contributed by atoms with E-state index in [2.05, 4.69) is 26.6 Å². The van der Waals surface area contributed by atoms with Gasteiger partial charge >= 0.3 is 6.03 Å². The number of carbonyl (C=O) groups excluding carboxylic acids is 1. The summed E-state index contributed by atoms with van der Waals surface area (Å²) in [5, 5.41) is 6.41. The van der Waals surface area contributed by atoms with Crippen LogP contribution >= 0.6 is 39.1 Å². The van der Waals surface area contributed by atoms with Crippen LogP contribution < -0.4 is 10.6 Å². The average molecular weight is 388 g/mol. The van der Waals surface area contributed by atoms with E-state index in [1.54, 1.807) is 18.2 Å². The molecule has 2 N–H and O–H groups in total. The lowest BCUT2D eigenvalue weighted by Gasteiger charge is -2.09. The average Bonchev–Trinajstić information content (AvgIpc) is 2.45. The second-order valence-electron chi connectivity index (χ2n) is 4.38. The summed E-state index contributed by atoms with van der Waals surface area (Å²) in [5.41, 5.74) is 1.64. The molecule has 2 rings (SSSR count). The number of nitrogens with one attached hydrogen (secondary N) is 2. The molecule has 0 bridgehead atoms. The molecule has 0 aromatic heterocycles. The van der Waals surface area contributed by atoms with Gasteiger partial charge in [0, 0.05) is 16.0 Å². The number of halogens is 3. The van der Waals surface area contributed by atoms with Crippen molar-refractivity contribution in [2.45, 2.75) is 6.42 Å². The Labute approximate surface area is 141 Å². The Morgan fingerprint density at radius 1 is 1.10 bits per heavy atom. The van der Waals surface area contributed by atoms with Crippen LogP contribution in [0, 0.1) is 0 Å². The summed E-state index contributed by atoms with van der Waals surface area (Å²) < 4.78 is 1.03. The summed E-state index contributed by atoms with van der Waals surface area (Å²) in [7, 11) is 0. The molecule has 0 atom stereocenters. The van der Waals surface area contributed by atoms with Crippen molar-refractivity contribution in [1.29, 1.82) is 0 Å². The number of hydrogen-bond acceptors (Lipinski definition) is 1. The van der Waals surface area contributed by atoms with Crippen LogP contribution in [0.1, 0.15) is 5.56 Å². The van der Waals surface area contributed by atoms with Crippen molar-refractivity contribution in [3.05, 3.63) is 62.5 Å². The third-order valence-electron chi connectivity index (χ3n) is 2.79. The molecule has 0 aliphatic heterocycles. The molecule has 0 aliphatic carbocycles. The Kier molecular flexibility index (Phi) is 5.91. The summed E-state index contributed by atoms with van der Waals surface area (Å²) in [6.07, 6.45) is 0.754. The van der Waals surface area contributed by atoms with Crippen LogP contribution in [0.25, 0.3) is 0 Å². The number of urea groups is 1. The van der Waals surface area contributed by atoms with Crippen LogP contribution in [0.4, 0.5) is 10.5 Å². The maximum atomic E-state index is 11.8. The quantitative estimate of drug-likeness (QED) is 0.750. The molecular weight excluding hydrogens is 375 g/mol. The van der Waals surface area contributed by atoms with Crippen LogP contribution in [-0.2, 0) is 6.42 Å². The molecule has 3 nitrogen and oxygen atoms in total. The van der Waals surface area contributed by atoms with E-state index in [0.717, 1.165) is 16.5 Å². The fourth-order valence-electron chi connectivity index (χ4n) is 1.73. The van der Waals surface area contributed by atoms with E-state index >= 15 is 0 Å². The molecule has 0 heterocycles. The molecule has 110 valence electrons. The van der Waals surface area contributed by atoms with Gasteiger partial charge in [-0.3, -0.25) is 0 Å². The number of carbonyl (C=O) groups is 1. The van der Waals surface area contributed by atoms with E-state index in [9.17, 15) is 4.79 Å². The van der Waals surface area contributed by atoms with Gasteiger partial charge in [0.15, 0.2) is 0 Å². The zero-order valence-electron chi connectivity index (χ0n) is 11.0. The SMILES string of the molecule is O=C(NCCc1ccc(Br)cc1)Nc1cc(Cl)ccc1Cl. The molecule has 21 heavy (non-hydrogen) atoms. The Morgan fingerprint density at radius 2 is 1.81 bits per heavy atom. The lowest BCUT2D eigenvalue weighted by Crippen LogP contribution is -2.30. The van der Waals surface area contributed by atoms with Crippen molar-refractivity contribution in [2.24, 2.45) is 0 Å². The van der Waals surface area contributed by atoms with E-state index in [1.165, 1.54) is 0 Å². The Balaban J connectivity index is 1.82. The Morgan fingerprint density at radius 3 is 2.52 bits per heavy atom. The van der Waals surface area contributed by atoms with Gasteiger partial charge < -0.3 is 10.6 Å². The number of rotatable bonds is 4. The number of amides is 2. The highest BCUT2D eigenvalue weighted by molar-refractivity contribution is 9.10. The standard InChI is InChI=1S/C15H13BrCl2N2O/c16-11-3-1-10(2-4-11)7-8-19-15(21)20-14-9-12(17)5-6-13(14)18/h1-6,9H,7-8H2,(H2,19,20,21). The van der Waals surface area contributed by atoms with Crippen molar-refractivity contribution in [2.75, 3.05) is 11.9 Å². The van der Waals surface area contributed by atoms with Gasteiger partial charge in [-0.1, -0.05) is 51.3 Å². The highest BCUT2D eigenvalue weighted by Crippen LogP contribution is 2.25. The van der Waals surface area contributed by atoms with E-state index in [0.29, 0.717) is 22.3 Å². The molecule has 2 aromatic carbocycles. The van der Waals surface area contributed by atoms with Gasteiger partial charge in [-0.25, -0.2) is 4.79 Å². The van der Waals surface area contributed by atoms with Gasteiger partial charge in [-0.05, 0) is 42.3 Å². The zero-order valence-corrected chi connectivity index (χ0v) is 14.1. The van der Waals surface area contributed by atoms with Crippen molar-refractivity contribution in [1.82, 2.24) is 5.32 Å². The van der Waals surface area contributed by atoms with Gasteiger partial charge in [0.2, 0.25) is 0 Å². The van der Waals surface area contributed by atoms with Crippen molar-refractivity contribution < 1.29 is 4.79 Å².